The Labute approximate surface area is 247 Å². The molecule has 1 saturated heterocycles. The number of ether oxygens (including phenoxy) is 2. The summed E-state index contributed by atoms with van der Waals surface area (Å²) >= 11 is 6.31. The van der Waals surface area contributed by atoms with Gasteiger partial charge in [0.2, 0.25) is 11.8 Å². The van der Waals surface area contributed by atoms with Crippen LogP contribution in [0.1, 0.15) is 52.6 Å². The predicted molar refractivity (Wildman–Crippen MR) is 153 cm³/mol. The van der Waals surface area contributed by atoms with Crippen LogP contribution in [0.4, 0.5) is 20.4 Å². The topological polar surface area (TPSA) is 109 Å². The number of rotatable bonds is 8. The minimum atomic E-state index is -1.26. The second-order valence-electron chi connectivity index (χ2n) is 10.2. The molecule has 2 aliphatic heterocycles. The van der Waals surface area contributed by atoms with E-state index in [9.17, 15) is 14.0 Å². The van der Waals surface area contributed by atoms with Gasteiger partial charge in [-0.05, 0) is 37.6 Å². The van der Waals surface area contributed by atoms with Crippen LogP contribution in [0.25, 0.3) is 0 Å². The summed E-state index contributed by atoms with van der Waals surface area (Å²) in [6.07, 6.45) is 0.465. The Hall–Kier alpha value is -4.03. The van der Waals surface area contributed by atoms with E-state index in [0.717, 1.165) is 18.2 Å². The van der Waals surface area contributed by atoms with Gasteiger partial charge in [0, 0.05) is 26.2 Å². The zero-order valence-electron chi connectivity index (χ0n) is 23.6. The molecule has 1 fully saturated rings. The molecule has 2 aliphatic rings. The maximum absolute atomic E-state index is 15.2. The van der Waals surface area contributed by atoms with Gasteiger partial charge in [0.25, 0.3) is 11.8 Å². The summed E-state index contributed by atoms with van der Waals surface area (Å²) in [5, 5.41) is 5.56. The fourth-order valence-electron chi connectivity index (χ4n) is 5.14. The zero-order chi connectivity index (χ0) is 30.1. The van der Waals surface area contributed by atoms with Gasteiger partial charge in [-0.2, -0.15) is 4.98 Å². The molecule has 0 saturated carbocycles. The number of anilines is 2. The fraction of sp³-hybridized carbons (Fsp3) is 0.379. The van der Waals surface area contributed by atoms with E-state index in [-0.39, 0.29) is 58.1 Å². The fourth-order valence-corrected chi connectivity index (χ4v) is 5.27. The van der Waals surface area contributed by atoms with Gasteiger partial charge in [0.15, 0.2) is 0 Å². The summed E-state index contributed by atoms with van der Waals surface area (Å²) in [7, 11) is 3.08. The lowest BCUT2D eigenvalue weighted by atomic mass is 10.0. The molecule has 2 aromatic carbocycles. The van der Waals surface area contributed by atoms with E-state index in [0.29, 0.717) is 18.5 Å². The summed E-state index contributed by atoms with van der Waals surface area (Å²) in [5.41, 5.74) is 1.08. The molecule has 0 aliphatic carbocycles. The second-order valence-corrected chi connectivity index (χ2v) is 10.6. The minimum Gasteiger partial charge on any atom is -0.495 e. The quantitative estimate of drug-likeness (QED) is 0.367. The van der Waals surface area contributed by atoms with Crippen LogP contribution in [0.5, 0.6) is 17.4 Å². The van der Waals surface area contributed by atoms with Crippen LogP contribution < -0.4 is 20.1 Å². The van der Waals surface area contributed by atoms with Crippen molar-refractivity contribution in [2.24, 2.45) is 0 Å². The number of carbonyl (C=O) groups is 2. The molecule has 0 bridgehead atoms. The molecule has 2 amide bonds. The number of alkyl halides is 1. The largest absolute Gasteiger partial charge is 0.495 e. The molecule has 3 heterocycles. The lowest BCUT2D eigenvalue weighted by molar-refractivity contribution is 0.0778. The second kappa shape index (κ2) is 12.1. The molecule has 42 heavy (non-hydrogen) atoms. The van der Waals surface area contributed by atoms with Gasteiger partial charge in [0.1, 0.15) is 28.5 Å². The zero-order valence-corrected chi connectivity index (χ0v) is 24.3. The molecule has 5 rings (SSSR count). The third-order valence-corrected chi connectivity index (χ3v) is 7.97. The van der Waals surface area contributed by atoms with Gasteiger partial charge in [-0.1, -0.05) is 30.7 Å². The van der Waals surface area contributed by atoms with Gasteiger partial charge >= 0.3 is 0 Å². The number of fused-ring (bicyclic) bond motifs is 1. The number of amides is 2. The number of nitrogens with zero attached hydrogens (tertiary/aromatic N) is 4. The highest BCUT2D eigenvalue weighted by Gasteiger charge is 2.34. The first-order valence-corrected chi connectivity index (χ1v) is 13.9. The molecule has 1 unspecified atom stereocenters. The normalized spacial score (nSPS) is 20.3. The van der Waals surface area contributed by atoms with E-state index in [1.54, 1.807) is 24.1 Å². The molecule has 0 spiro atoms. The number of piperidine rings is 1. The summed E-state index contributed by atoms with van der Waals surface area (Å²) in [6, 6.07) is 6.75. The van der Waals surface area contributed by atoms with E-state index >= 15 is 4.39 Å². The third-order valence-electron chi connectivity index (χ3n) is 7.71. The number of nitrogens with one attached hydrogen (secondary N) is 2. The van der Waals surface area contributed by atoms with Crippen molar-refractivity contribution in [2.75, 3.05) is 39.1 Å². The number of halogens is 3. The average molecular weight is 601 g/mol. The Morgan fingerprint density at radius 3 is 2.76 bits per heavy atom. The standard InChI is InChI=1S/C29H31ClF2N6O4/c1-5-38-10-9-21(20(32)14-38)34-26(39)17-11-24(41-4)22(12-19(17)31)35-29-33-13-18(30)27(36-29)42-23-8-6-7-16-15(2)37(3)28(40)25(16)23/h6-8,11-13,15,20-21H,5,9-10,14H2,1-4H3,(H,34,39)(H,33,35,36)/t15?,20-,21+/m1/s1. The van der Waals surface area contributed by atoms with Crippen LogP contribution in [-0.2, 0) is 0 Å². The summed E-state index contributed by atoms with van der Waals surface area (Å²) in [5.74, 6) is -1.38. The van der Waals surface area contributed by atoms with E-state index in [2.05, 4.69) is 20.6 Å². The predicted octanol–water partition coefficient (Wildman–Crippen LogP) is 5.12. The van der Waals surface area contributed by atoms with Crippen molar-refractivity contribution < 1.29 is 27.8 Å². The molecule has 0 radical (unpaired) electrons. The average Bonchev–Trinajstić information content (AvgIpc) is 3.20. The van der Waals surface area contributed by atoms with Crippen molar-refractivity contribution in [1.29, 1.82) is 0 Å². The summed E-state index contributed by atoms with van der Waals surface area (Å²) in [4.78, 5) is 37.7. The van der Waals surface area contributed by atoms with E-state index in [1.807, 2.05) is 24.8 Å². The van der Waals surface area contributed by atoms with Crippen molar-refractivity contribution in [3.8, 4) is 17.4 Å². The highest BCUT2D eigenvalue weighted by molar-refractivity contribution is 6.31. The molecule has 3 aromatic rings. The number of hydrogen-bond acceptors (Lipinski definition) is 8. The SMILES string of the molecule is CCN1CC[C@H](NC(=O)c2cc(OC)c(Nc3ncc(Cl)c(Oc4cccc5c4C(=O)N(C)C5C)n3)cc2F)[C@H](F)C1. The maximum Gasteiger partial charge on any atom is 0.258 e. The lowest BCUT2D eigenvalue weighted by Crippen LogP contribution is -2.52. The number of hydrogen-bond donors (Lipinski definition) is 2. The molecule has 1 aromatic heterocycles. The van der Waals surface area contributed by atoms with Crippen molar-refractivity contribution in [3.63, 3.8) is 0 Å². The van der Waals surface area contributed by atoms with E-state index < -0.39 is 23.9 Å². The van der Waals surface area contributed by atoms with E-state index in [1.165, 1.54) is 19.4 Å². The van der Waals surface area contributed by atoms with Gasteiger partial charge in [-0.25, -0.2) is 13.8 Å². The number of aromatic nitrogens is 2. The molecule has 10 nitrogen and oxygen atoms in total. The van der Waals surface area contributed by atoms with Gasteiger partial charge < -0.3 is 29.9 Å². The monoisotopic (exact) mass is 600 g/mol. The van der Waals surface area contributed by atoms with Crippen LogP contribution >= 0.6 is 11.6 Å². The number of carbonyl (C=O) groups excluding carboxylic acids is 2. The molecule has 13 heteroatoms. The Kier molecular flexibility index (Phi) is 8.46. The Morgan fingerprint density at radius 2 is 2.05 bits per heavy atom. The Balaban J connectivity index is 1.35. The highest BCUT2D eigenvalue weighted by Crippen LogP contribution is 2.40. The van der Waals surface area contributed by atoms with Crippen molar-refractivity contribution in [1.82, 2.24) is 25.1 Å². The van der Waals surface area contributed by atoms with Crippen molar-refractivity contribution in [3.05, 3.63) is 64.1 Å². The first-order chi connectivity index (χ1) is 20.1. The van der Waals surface area contributed by atoms with Crippen LogP contribution in [0, 0.1) is 5.82 Å². The maximum atomic E-state index is 15.2. The molecule has 222 valence electrons. The summed E-state index contributed by atoms with van der Waals surface area (Å²) in [6.45, 7) is 5.44. The lowest BCUT2D eigenvalue weighted by Gasteiger charge is -2.34. The molecular weight excluding hydrogens is 570 g/mol. The number of benzene rings is 2. The Morgan fingerprint density at radius 1 is 1.26 bits per heavy atom. The number of methoxy groups -OCH3 is 1. The van der Waals surface area contributed by atoms with Crippen molar-refractivity contribution >= 4 is 35.1 Å². The van der Waals surface area contributed by atoms with Gasteiger partial charge in [0.05, 0.1) is 42.2 Å². The van der Waals surface area contributed by atoms with Crippen LogP contribution in [0.3, 0.4) is 0 Å². The smallest absolute Gasteiger partial charge is 0.258 e. The molecule has 2 N–H and O–H groups in total. The minimum absolute atomic E-state index is 0.00311. The van der Waals surface area contributed by atoms with Gasteiger partial charge in [-0.15, -0.1) is 0 Å². The van der Waals surface area contributed by atoms with Crippen LogP contribution in [0.15, 0.2) is 36.5 Å². The molecule has 3 atom stereocenters. The van der Waals surface area contributed by atoms with E-state index in [4.69, 9.17) is 21.1 Å². The highest BCUT2D eigenvalue weighted by atomic mass is 35.5. The molecular formula is C29H31ClF2N6O4. The third kappa shape index (κ3) is 5.68. The first kappa shape index (κ1) is 29.5. The van der Waals surface area contributed by atoms with Crippen LogP contribution in [0.2, 0.25) is 5.02 Å². The van der Waals surface area contributed by atoms with Gasteiger partial charge in [-0.3, -0.25) is 9.59 Å². The van der Waals surface area contributed by atoms with Crippen molar-refractivity contribution in [2.45, 2.75) is 38.5 Å². The first-order valence-electron chi connectivity index (χ1n) is 13.5. The number of likely N-dealkylation sites (tertiary alicyclic amines) is 1. The summed E-state index contributed by atoms with van der Waals surface area (Å²) < 4.78 is 41.1. The Bertz CT molecular complexity index is 1530. The van der Waals surface area contributed by atoms with Crippen LogP contribution in [-0.4, -0.2) is 77.6 Å².